The second kappa shape index (κ2) is 6.96. The minimum Gasteiger partial charge on any atom is -0.504 e. The van der Waals surface area contributed by atoms with Gasteiger partial charge in [-0.15, -0.1) is 0 Å². The van der Waals surface area contributed by atoms with Crippen LogP contribution in [0.15, 0.2) is 60.3 Å². The normalized spacial score (nSPS) is 17.5. The molecule has 2 aliphatic heterocycles. The molecule has 0 bridgehead atoms. The van der Waals surface area contributed by atoms with Crippen LogP contribution in [-0.4, -0.2) is 48.0 Å². The van der Waals surface area contributed by atoms with E-state index in [4.69, 9.17) is 11.6 Å². The van der Waals surface area contributed by atoms with Crippen LogP contribution < -0.4 is 9.80 Å². The van der Waals surface area contributed by atoms with Gasteiger partial charge < -0.3 is 14.9 Å². The summed E-state index contributed by atoms with van der Waals surface area (Å²) in [6.45, 7) is 2.36. The first kappa shape index (κ1) is 17.4. The molecule has 6 nitrogen and oxygen atoms in total. The summed E-state index contributed by atoms with van der Waals surface area (Å²) in [5, 5.41) is 10.5. The molecule has 138 valence electrons. The maximum absolute atomic E-state index is 12.8. The molecule has 0 saturated carbocycles. The fourth-order valence-electron chi connectivity index (χ4n) is 3.45. The first-order valence-corrected chi connectivity index (χ1v) is 9.06. The van der Waals surface area contributed by atoms with Crippen LogP contribution >= 0.6 is 11.6 Å². The summed E-state index contributed by atoms with van der Waals surface area (Å²) in [5.41, 5.74) is 1.66. The average molecular weight is 384 g/mol. The second-order valence-corrected chi connectivity index (χ2v) is 6.83. The Morgan fingerprint density at radius 3 is 2.22 bits per heavy atom. The molecule has 0 aliphatic carbocycles. The molecule has 1 saturated heterocycles. The van der Waals surface area contributed by atoms with Crippen molar-refractivity contribution < 1.29 is 14.7 Å². The van der Waals surface area contributed by atoms with E-state index >= 15 is 0 Å². The molecule has 0 aromatic heterocycles. The molecular formula is C20H18ClN3O3. The number of phenols is 1. The number of para-hydroxylation sites is 2. The van der Waals surface area contributed by atoms with Crippen molar-refractivity contribution in [1.29, 1.82) is 0 Å². The fourth-order valence-corrected chi connectivity index (χ4v) is 3.62. The number of phenolic OH excluding ortho intramolecular Hbond substituents is 1. The standard InChI is InChI=1S/C20H18ClN3O3/c21-15-7-4-8-16(19(15)26)22-9-11-23(12-10-22)17-13-18(25)24(20(17)27)14-5-2-1-3-6-14/h1-8,13,26H,9-12H2. The fraction of sp³-hybridized carbons (Fsp3) is 0.200. The number of carbonyl (C=O) groups excluding carboxylic acids is 2. The number of benzene rings is 2. The third-order valence-electron chi connectivity index (χ3n) is 4.84. The SMILES string of the molecule is O=C1C=C(N2CCN(c3cccc(Cl)c3O)CC2)C(=O)N1c1ccccc1. The van der Waals surface area contributed by atoms with Crippen molar-refractivity contribution in [2.24, 2.45) is 0 Å². The third-order valence-corrected chi connectivity index (χ3v) is 5.15. The molecule has 2 amide bonds. The molecule has 2 aliphatic rings. The molecule has 2 aromatic rings. The Morgan fingerprint density at radius 1 is 0.852 bits per heavy atom. The predicted octanol–water partition coefficient (Wildman–Crippen LogP) is 2.62. The number of piperazine rings is 1. The topological polar surface area (TPSA) is 64.1 Å². The molecule has 4 rings (SSSR count). The molecule has 0 radical (unpaired) electrons. The van der Waals surface area contributed by atoms with Gasteiger partial charge in [-0.05, 0) is 24.3 Å². The van der Waals surface area contributed by atoms with E-state index in [1.165, 1.54) is 11.0 Å². The van der Waals surface area contributed by atoms with E-state index < -0.39 is 0 Å². The highest BCUT2D eigenvalue weighted by Gasteiger charge is 2.36. The average Bonchev–Trinajstić information content (AvgIpc) is 2.99. The number of rotatable bonds is 3. The van der Waals surface area contributed by atoms with Crippen LogP contribution in [0.3, 0.4) is 0 Å². The molecule has 2 aromatic carbocycles. The number of halogens is 1. The smallest absolute Gasteiger partial charge is 0.281 e. The van der Waals surface area contributed by atoms with Crippen molar-refractivity contribution in [3.8, 4) is 5.75 Å². The van der Waals surface area contributed by atoms with Crippen molar-refractivity contribution >= 4 is 34.8 Å². The summed E-state index contributed by atoms with van der Waals surface area (Å²) in [7, 11) is 0. The lowest BCUT2D eigenvalue weighted by atomic mass is 10.2. The Kier molecular flexibility index (Phi) is 4.49. The van der Waals surface area contributed by atoms with E-state index in [1.54, 1.807) is 36.4 Å². The third kappa shape index (κ3) is 3.13. The summed E-state index contributed by atoms with van der Waals surface area (Å²) >= 11 is 5.99. The quantitative estimate of drug-likeness (QED) is 0.825. The van der Waals surface area contributed by atoms with Gasteiger partial charge in [-0.2, -0.15) is 0 Å². The molecule has 0 spiro atoms. The van der Waals surface area contributed by atoms with Crippen LogP contribution in [0, 0.1) is 0 Å². The van der Waals surface area contributed by atoms with Crippen molar-refractivity contribution in [1.82, 2.24) is 4.90 Å². The molecule has 1 fully saturated rings. The largest absolute Gasteiger partial charge is 0.504 e. The van der Waals surface area contributed by atoms with Crippen LogP contribution in [0.1, 0.15) is 0 Å². The van der Waals surface area contributed by atoms with E-state index in [0.29, 0.717) is 48.3 Å². The highest BCUT2D eigenvalue weighted by molar-refractivity contribution is 6.32. The zero-order chi connectivity index (χ0) is 19.0. The number of anilines is 2. The van der Waals surface area contributed by atoms with E-state index in [2.05, 4.69) is 0 Å². The van der Waals surface area contributed by atoms with Gasteiger partial charge in [0, 0.05) is 32.3 Å². The molecule has 1 N–H and O–H groups in total. The number of imide groups is 1. The molecule has 2 heterocycles. The number of carbonyl (C=O) groups is 2. The monoisotopic (exact) mass is 383 g/mol. The van der Waals surface area contributed by atoms with E-state index in [-0.39, 0.29) is 17.6 Å². The molecule has 0 atom stereocenters. The Balaban J connectivity index is 1.47. The van der Waals surface area contributed by atoms with Crippen molar-refractivity contribution in [2.45, 2.75) is 0 Å². The maximum atomic E-state index is 12.8. The van der Waals surface area contributed by atoms with Gasteiger partial charge >= 0.3 is 0 Å². The van der Waals surface area contributed by atoms with Gasteiger partial charge in [0.1, 0.15) is 5.70 Å². The molecule has 27 heavy (non-hydrogen) atoms. The summed E-state index contributed by atoms with van der Waals surface area (Å²) in [6, 6.07) is 14.2. The van der Waals surface area contributed by atoms with Gasteiger partial charge in [0.05, 0.1) is 16.4 Å². The Bertz CT molecular complexity index is 921. The van der Waals surface area contributed by atoms with E-state index in [1.807, 2.05) is 21.9 Å². The van der Waals surface area contributed by atoms with Gasteiger partial charge in [0.15, 0.2) is 5.75 Å². The van der Waals surface area contributed by atoms with Crippen LogP contribution in [0.4, 0.5) is 11.4 Å². The predicted molar refractivity (Wildman–Crippen MR) is 104 cm³/mol. The number of amides is 2. The first-order chi connectivity index (χ1) is 13.1. The highest BCUT2D eigenvalue weighted by Crippen LogP contribution is 2.35. The first-order valence-electron chi connectivity index (χ1n) is 8.69. The zero-order valence-electron chi connectivity index (χ0n) is 14.5. The van der Waals surface area contributed by atoms with Crippen molar-refractivity contribution in [3.63, 3.8) is 0 Å². The minimum absolute atomic E-state index is 0.0641. The lowest BCUT2D eigenvalue weighted by Gasteiger charge is -2.37. The number of hydrogen-bond donors (Lipinski definition) is 1. The summed E-state index contributed by atoms with van der Waals surface area (Å²) in [6.07, 6.45) is 1.40. The second-order valence-electron chi connectivity index (χ2n) is 6.43. The van der Waals surface area contributed by atoms with Crippen LogP contribution in [-0.2, 0) is 9.59 Å². The lowest BCUT2D eigenvalue weighted by molar-refractivity contribution is -0.121. The Labute approximate surface area is 161 Å². The lowest BCUT2D eigenvalue weighted by Crippen LogP contribution is -2.47. The van der Waals surface area contributed by atoms with Gasteiger partial charge in [0.25, 0.3) is 11.8 Å². The Morgan fingerprint density at radius 2 is 1.52 bits per heavy atom. The Hall–Kier alpha value is -2.99. The van der Waals surface area contributed by atoms with Gasteiger partial charge in [0.2, 0.25) is 0 Å². The zero-order valence-corrected chi connectivity index (χ0v) is 15.3. The molecule has 7 heteroatoms. The van der Waals surface area contributed by atoms with Crippen LogP contribution in [0.2, 0.25) is 5.02 Å². The van der Waals surface area contributed by atoms with Gasteiger partial charge in [-0.25, -0.2) is 4.90 Å². The van der Waals surface area contributed by atoms with Crippen LogP contribution in [0.25, 0.3) is 0 Å². The van der Waals surface area contributed by atoms with Crippen molar-refractivity contribution in [2.75, 3.05) is 36.0 Å². The number of nitrogens with zero attached hydrogens (tertiary/aromatic N) is 3. The van der Waals surface area contributed by atoms with Crippen molar-refractivity contribution in [3.05, 3.63) is 65.3 Å². The van der Waals surface area contributed by atoms with Crippen LogP contribution in [0.5, 0.6) is 5.75 Å². The summed E-state index contributed by atoms with van der Waals surface area (Å²) < 4.78 is 0. The maximum Gasteiger partial charge on any atom is 0.281 e. The number of hydrogen-bond acceptors (Lipinski definition) is 5. The van der Waals surface area contributed by atoms with Gasteiger partial charge in [-0.1, -0.05) is 35.9 Å². The highest BCUT2D eigenvalue weighted by atomic mass is 35.5. The summed E-state index contributed by atoms with van der Waals surface area (Å²) in [4.78, 5) is 30.3. The van der Waals surface area contributed by atoms with E-state index in [0.717, 1.165) is 0 Å². The van der Waals surface area contributed by atoms with Gasteiger partial charge in [-0.3, -0.25) is 9.59 Å². The summed E-state index contributed by atoms with van der Waals surface area (Å²) in [5.74, 6) is -0.560. The number of aromatic hydroxyl groups is 1. The molecular weight excluding hydrogens is 366 g/mol. The van der Waals surface area contributed by atoms with E-state index in [9.17, 15) is 14.7 Å². The minimum atomic E-state index is -0.323. The molecule has 0 unspecified atom stereocenters.